The highest BCUT2D eigenvalue weighted by Crippen LogP contribution is 2.46. The minimum Gasteiger partial charge on any atom is -0.363 e. The maximum atomic E-state index is 13.3. The molecule has 3 atom stereocenters. The van der Waals surface area contributed by atoms with Gasteiger partial charge >= 0.3 is 0 Å². The average Bonchev–Trinajstić information content (AvgIpc) is 3.43. The van der Waals surface area contributed by atoms with Gasteiger partial charge in [-0.1, -0.05) is 5.21 Å². The molecule has 3 N–H and O–H groups in total. The van der Waals surface area contributed by atoms with E-state index in [0.29, 0.717) is 17.2 Å². The van der Waals surface area contributed by atoms with Gasteiger partial charge < -0.3 is 20.9 Å². The van der Waals surface area contributed by atoms with Gasteiger partial charge in [0.15, 0.2) is 17.3 Å². The summed E-state index contributed by atoms with van der Waals surface area (Å²) in [5, 5.41) is 23.5. The van der Waals surface area contributed by atoms with Crippen molar-refractivity contribution >= 4 is 34.8 Å². The van der Waals surface area contributed by atoms with E-state index in [2.05, 4.69) is 36.1 Å². The van der Waals surface area contributed by atoms with Crippen LogP contribution in [0.2, 0.25) is 0 Å². The number of aryl methyl sites for hydroxylation is 1. The number of halogens is 1. The normalized spacial score (nSPS) is 21.9. The van der Waals surface area contributed by atoms with Crippen molar-refractivity contribution in [3.8, 4) is 11.3 Å². The zero-order chi connectivity index (χ0) is 26.6. The lowest BCUT2D eigenvalue weighted by molar-refractivity contribution is -0.117. The third-order valence-electron chi connectivity index (χ3n) is 6.06. The van der Waals surface area contributed by atoms with E-state index in [1.807, 2.05) is 31.2 Å². The quantitative estimate of drug-likeness (QED) is 0.507. The number of nitrogens with zero attached hydrogens (tertiary/aromatic N) is 7. The maximum absolute atomic E-state index is 13.3. The van der Waals surface area contributed by atoms with Gasteiger partial charge in [-0.15, -0.1) is 15.3 Å². The predicted molar refractivity (Wildman–Crippen MR) is 121 cm³/mol. The number of pyridine rings is 1. The Bertz CT molecular complexity index is 1410. The Hall–Kier alpha value is -4.16. The fourth-order valence-electron chi connectivity index (χ4n) is 4.05. The first kappa shape index (κ1) is 18.3. The Morgan fingerprint density at radius 2 is 2.06 bits per heavy atom. The number of anilines is 4. The van der Waals surface area contributed by atoms with Crippen LogP contribution in [0.3, 0.4) is 0 Å². The van der Waals surface area contributed by atoms with E-state index in [4.69, 9.17) is 4.11 Å². The molecule has 0 aromatic carbocycles. The molecule has 2 amide bonds. The van der Waals surface area contributed by atoms with Crippen molar-refractivity contribution in [2.75, 3.05) is 29.6 Å². The van der Waals surface area contributed by atoms with Crippen LogP contribution in [-0.4, -0.2) is 62.2 Å². The van der Waals surface area contributed by atoms with Crippen LogP contribution in [0.4, 0.5) is 27.4 Å². The first-order chi connectivity index (χ1) is 17.4. The van der Waals surface area contributed by atoms with Crippen molar-refractivity contribution in [2.45, 2.75) is 25.6 Å². The smallest absolute Gasteiger partial charge is 0.273 e. The van der Waals surface area contributed by atoms with Crippen LogP contribution in [0.5, 0.6) is 0 Å². The molecule has 0 radical (unpaired) electrons. The summed E-state index contributed by atoms with van der Waals surface area (Å²) in [6, 6.07) is 2.98. The van der Waals surface area contributed by atoms with E-state index in [1.165, 1.54) is 6.07 Å². The molecule has 0 bridgehead atoms. The standard InChI is InChI=1S/C21H23FN10O2/c1-9-17-15(29-30-32(17)4)10-5-6-24-19(18(10)31(9)3)25-13-8-14(26-20(33)11-7-12(11)22)27-28-16(13)21(34)23-2/h5-6,8-9,11-12H,7H2,1-4H3,(H,23,34)(H2,24,25,26,27,33)/t9-,11-,12-/m0/s1/i2D3. The molecule has 176 valence electrons. The van der Waals surface area contributed by atoms with Crippen LogP contribution < -0.4 is 20.9 Å². The number of alkyl halides is 1. The maximum Gasteiger partial charge on any atom is 0.273 e. The molecule has 3 aromatic rings. The molecule has 1 aliphatic heterocycles. The van der Waals surface area contributed by atoms with Crippen molar-refractivity contribution in [1.82, 2.24) is 35.5 Å². The topological polar surface area (TPSA) is 143 Å². The molecule has 0 saturated heterocycles. The molecule has 3 aromatic heterocycles. The van der Waals surface area contributed by atoms with Crippen LogP contribution in [-0.2, 0) is 11.8 Å². The van der Waals surface area contributed by atoms with Gasteiger partial charge in [0.25, 0.3) is 5.91 Å². The summed E-state index contributed by atoms with van der Waals surface area (Å²) < 4.78 is 37.1. The summed E-state index contributed by atoms with van der Waals surface area (Å²) >= 11 is 0. The van der Waals surface area contributed by atoms with Crippen LogP contribution in [0.1, 0.15) is 39.7 Å². The van der Waals surface area contributed by atoms with Gasteiger partial charge in [0.1, 0.15) is 11.9 Å². The Kier molecular flexibility index (Phi) is 4.31. The van der Waals surface area contributed by atoms with Crippen molar-refractivity contribution in [2.24, 2.45) is 13.0 Å². The summed E-state index contributed by atoms with van der Waals surface area (Å²) in [7, 11) is 3.68. The fraction of sp³-hybridized carbons (Fsp3) is 0.381. The Balaban J connectivity index is 1.55. The Labute approximate surface area is 198 Å². The summed E-state index contributed by atoms with van der Waals surface area (Å²) in [5.41, 5.74) is 2.69. The number of hydrogen-bond donors (Lipinski definition) is 3. The number of fused-ring (bicyclic) bond motifs is 3. The lowest BCUT2D eigenvalue weighted by Crippen LogP contribution is -2.29. The summed E-state index contributed by atoms with van der Waals surface area (Å²) in [6.07, 6.45) is 0.467. The molecule has 5 rings (SSSR count). The molecule has 12 nitrogen and oxygen atoms in total. The summed E-state index contributed by atoms with van der Waals surface area (Å²) in [5.74, 6) is -2.06. The lowest BCUT2D eigenvalue weighted by Gasteiger charge is -2.34. The lowest BCUT2D eigenvalue weighted by atomic mass is 9.98. The number of aromatic nitrogens is 6. The van der Waals surface area contributed by atoms with Gasteiger partial charge in [0, 0.05) is 43.0 Å². The first-order valence-electron chi connectivity index (χ1n) is 12.0. The van der Waals surface area contributed by atoms with Gasteiger partial charge in [-0.2, -0.15) is 0 Å². The monoisotopic (exact) mass is 469 g/mol. The number of amides is 2. The van der Waals surface area contributed by atoms with E-state index in [9.17, 15) is 14.0 Å². The third-order valence-corrected chi connectivity index (χ3v) is 6.06. The number of carbonyl (C=O) groups excluding carboxylic acids is 2. The van der Waals surface area contributed by atoms with E-state index in [0.717, 1.165) is 11.3 Å². The SMILES string of the molecule is [2H]C([2H])([2H])NC(=O)c1nnc(NC(=O)[C@H]2C[C@@H]2F)cc1Nc1nccc2c1N(C)[C@@H](C)c1c-2nnn1C. The van der Waals surface area contributed by atoms with Gasteiger partial charge in [-0.05, 0) is 19.4 Å². The highest BCUT2D eigenvalue weighted by atomic mass is 19.1. The first-order valence-corrected chi connectivity index (χ1v) is 10.5. The van der Waals surface area contributed by atoms with Crippen LogP contribution in [0, 0.1) is 5.92 Å². The second-order valence-electron chi connectivity index (χ2n) is 8.21. The van der Waals surface area contributed by atoms with Crippen molar-refractivity contribution < 1.29 is 18.1 Å². The van der Waals surface area contributed by atoms with Crippen molar-refractivity contribution in [3.63, 3.8) is 0 Å². The van der Waals surface area contributed by atoms with Gasteiger partial charge in [-0.3, -0.25) is 9.59 Å². The molecule has 34 heavy (non-hydrogen) atoms. The van der Waals surface area contributed by atoms with Gasteiger partial charge in [0.05, 0.1) is 29.0 Å². The number of hydrogen-bond acceptors (Lipinski definition) is 9. The molecule has 1 aliphatic carbocycles. The third kappa shape index (κ3) is 3.49. The number of rotatable bonds is 5. The molecule has 0 spiro atoms. The van der Waals surface area contributed by atoms with E-state index in [-0.39, 0.29) is 29.7 Å². The Morgan fingerprint density at radius 1 is 1.26 bits per heavy atom. The van der Waals surface area contributed by atoms with E-state index in [1.54, 1.807) is 16.9 Å². The minimum absolute atomic E-state index is 0.0338. The van der Waals surface area contributed by atoms with E-state index >= 15 is 0 Å². The van der Waals surface area contributed by atoms with Crippen molar-refractivity contribution in [3.05, 3.63) is 29.7 Å². The Morgan fingerprint density at radius 3 is 2.79 bits per heavy atom. The van der Waals surface area contributed by atoms with Gasteiger partial charge in [0.2, 0.25) is 5.91 Å². The molecule has 0 unspecified atom stereocenters. The largest absolute Gasteiger partial charge is 0.363 e. The van der Waals surface area contributed by atoms with Crippen LogP contribution in [0.15, 0.2) is 18.3 Å². The number of nitrogens with one attached hydrogen (secondary N) is 3. The predicted octanol–water partition coefficient (Wildman–Crippen LogP) is 1.58. The minimum atomic E-state index is -2.77. The average molecular weight is 469 g/mol. The molecular weight excluding hydrogens is 443 g/mol. The molecule has 2 aliphatic rings. The van der Waals surface area contributed by atoms with Crippen LogP contribution >= 0.6 is 0 Å². The fourth-order valence-corrected chi connectivity index (χ4v) is 4.05. The second kappa shape index (κ2) is 8.01. The molecule has 4 heterocycles. The summed E-state index contributed by atoms with van der Waals surface area (Å²) in [4.78, 5) is 31.4. The molecule has 1 fully saturated rings. The molecule has 1 saturated carbocycles. The van der Waals surface area contributed by atoms with E-state index < -0.39 is 30.9 Å². The van der Waals surface area contributed by atoms with Gasteiger partial charge in [-0.25, -0.2) is 14.1 Å². The molecule has 13 heteroatoms. The zero-order valence-electron chi connectivity index (χ0n) is 21.5. The molecular formula is C21H23FN10O2. The highest BCUT2D eigenvalue weighted by molar-refractivity contribution is 6.00. The second-order valence-corrected chi connectivity index (χ2v) is 8.21. The highest BCUT2D eigenvalue weighted by Gasteiger charge is 2.44. The van der Waals surface area contributed by atoms with Crippen LogP contribution in [0.25, 0.3) is 11.3 Å². The number of carbonyl (C=O) groups is 2. The summed E-state index contributed by atoms with van der Waals surface area (Å²) in [6.45, 7) is -0.790. The zero-order valence-corrected chi connectivity index (χ0v) is 18.5. The van der Waals surface area contributed by atoms with Crippen molar-refractivity contribution in [1.29, 1.82) is 0 Å².